The highest BCUT2D eigenvalue weighted by Gasteiger charge is 2.10. The molecule has 0 spiro atoms. The highest BCUT2D eigenvalue weighted by atomic mass is 19.1. The maximum absolute atomic E-state index is 12.8. The van der Waals surface area contributed by atoms with E-state index in [1.165, 1.54) is 12.1 Å². The van der Waals surface area contributed by atoms with Crippen LogP contribution in [-0.4, -0.2) is 14.8 Å². The van der Waals surface area contributed by atoms with E-state index < -0.39 is 0 Å². The van der Waals surface area contributed by atoms with Crippen LogP contribution in [-0.2, 0) is 13.1 Å². The number of benzene rings is 1. The van der Waals surface area contributed by atoms with Gasteiger partial charge in [-0.15, -0.1) is 10.2 Å². The van der Waals surface area contributed by atoms with E-state index in [9.17, 15) is 4.39 Å². The molecule has 1 heterocycles. The SMILES string of the molecule is CCn1c(CN)nnc1-c1ccc(F)cc1. The monoisotopic (exact) mass is 220 g/mol. The van der Waals surface area contributed by atoms with Crippen molar-refractivity contribution in [1.29, 1.82) is 0 Å². The van der Waals surface area contributed by atoms with Gasteiger partial charge in [0, 0.05) is 12.1 Å². The standard InChI is InChI=1S/C11H13FN4/c1-2-16-10(7-13)14-15-11(16)8-3-5-9(12)6-4-8/h3-6H,2,7,13H2,1H3. The molecule has 2 rings (SSSR count). The van der Waals surface area contributed by atoms with Crippen molar-refractivity contribution in [2.45, 2.75) is 20.0 Å². The minimum atomic E-state index is -0.259. The normalized spacial score (nSPS) is 10.7. The second-order valence-electron chi connectivity index (χ2n) is 3.40. The molecule has 1 aromatic heterocycles. The van der Waals surface area contributed by atoms with Gasteiger partial charge in [0.1, 0.15) is 11.6 Å². The van der Waals surface area contributed by atoms with Crippen molar-refractivity contribution in [3.63, 3.8) is 0 Å². The highest BCUT2D eigenvalue weighted by molar-refractivity contribution is 5.55. The Morgan fingerprint density at radius 3 is 2.50 bits per heavy atom. The highest BCUT2D eigenvalue weighted by Crippen LogP contribution is 2.18. The molecule has 0 radical (unpaired) electrons. The Kier molecular flexibility index (Phi) is 2.96. The molecule has 84 valence electrons. The summed E-state index contributed by atoms with van der Waals surface area (Å²) in [7, 11) is 0. The van der Waals surface area contributed by atoms with Crippen molar-refractivity contribution < 1.29 is 4.39 Å². The molecule has 1 aromatic carbocycles. The van der Waals surface area contributed by atoms with Crippen LogP contribution in [0.4, 0.5) is 4.39 Å². The summed E-state index contributed by atoms with van der Waals surface area (Å²) in [6, 6.07) is 6.19. The van der Waals surface area contributed by atoms with Gasteiger partial charge in [-0.25, -0.2) is 4.39 Å². The Hall–Kier alpha value is -1.75. The van der Waals surface area contributed by atoms with Gasteiger partial charge in [-0.3, -0.25) is 0 Å². The predicted octanol–water partition coefficient (Wildman–Crippen LogP) is 1.56. The number of hydrogen-bond acceptors (Lipinski definition) is 3. The Bertz CT molecular complexity index is 475. The number of nitrogens with two attached hydrogens (primary N) is 1. The second-order valence-corrected chi connectivity index (χ2v) is 3.40. The van der Waals surface area contributed by atoms with Crippen molar-refractivity contribution in [1.82, 2.24) is 14.8 Å². The van der Waals surface area contributed by atoms with Gasteiger partial charge in [0.05, 0.1) is 6.54 Å². The summed E-state index contributed by atoms with van der Waals surface area (Å²) >= 11 is 0. The zero-order valence-corrected chi connectivity index (χ0v) is 9.02. The molecule has 0 unspecified atom stereocenters. The number of aromatic nitrogens is 3. The quantitative estimate of drug-likeness (QED) is 0.854. The van der Waals surface area contributed by atoms with Gasteiger partial charge in [0.2, 0.25) is 0 Å². The van der Waals surface area contributed by atoms with Gasteiger partial charge in [0.25, 0.3) is 0 Å². The van der Waals surface area contributed by atoms with Crippen molar-refractivity contribution >= 4 is 0 Å². The summed E-state index contributed by atoms with van der Waals surface area (Å²) in [6.07, 6.45) is 0. The van der Waals surface area contributed by atoms with Crippen molar-refractivity contribution in [3.05, 3.63) is 35.9 Å². The van der Waals surface area contributed by atoms with E-state index in [4.69, 9.17) is 5.73 Å². The fourth-order valence-corrected chi connectivity index (χ4v) is 1.63. The van der Waals surface area contributed by atoms with Gasteiger partial charge in [-0.05, 0) is 31.2 Å². The lowest BCUT2D eigenvalue weighted by molar-refractivity contribution is 0.628. The molecule has 0 bridgehead atoms. The first-order valence-corrected chi connectivity index (χ1v) is 5.14. The van der Waals surface area contributed by atoms with Gasteiger partial charge in [0.15, 0.2) is 5.82 Å². The Morgan fingerprint density at radius 2 is 1.94 bits per heavy atom. The Balaban J connectivity index is 2.47. The average molecular weight is 220 g/mol. The number of rotatable bonds is 3. The lowest BCUT2D eigenvalue weighted by Crippen LogP contribution is -2.08. The van der Waals surface area contributed by atoms with E-state index in [0.29, 0.717) is 6.54 Å². The summed E-state index contributed by atoms with van der Waals surface area (Å²) in [5, 5.41) is 8.07. The summed E-state index contributed by atoms with van der Waals surface area (Å²) < 4.78 is 14.7. The van der Waals surface area contributed by atoms with Crippen LogP contribution in [0.1, 0.15) is 12.7 Å². The third-order valence-electron chi connectivity index (χ3n) is 2.43. The van der Waals surface area contributed by atoms with Gasteiger partial charge >= 0.3 is 0 Å². The third kappa shape index (κ3) is 1.81. The molecular formula is C11H13FN4. The zero-order chi connectivity index (χ0) is 11.5. The Labute approximate surface area is 92.9 Å². The van der Waals surface area contributed by atoms with Crippen LogP contribution >= 0.6 is 0 Å². The first-order valence-electron chi connectivity index (χ1n) is 5.14. The van der Waals surface area contributed by atoms with E-state index in [1.54, 1.807) is 12.1 Å². The molecule has 0 aliphatic heterocycles. The minimum absolute atomic E-state index is 0.259. The summed E-state index contributed by atoms with van der Waals surface area (Å²) in [6.45, 7) is 3.09. The maximum atomic E-state index is 12.8. The second kappa shape index (κ2) is 4.40. The molecule has 4 nitrogen and oxygen atoms in total. The molecule has 2 aromatic rings. The van der Waals surface area contributed by atoms with Gasteiger partial charge < -0.3 is 10.3 Å². The molecule has 16 heavy (non-hydrogen) atoms. The molecule has 2 N–H and O–H groups in total. The topological polar surface area (TPSA) is 56.7 Å². The smallest absolute Gasteiger partial charge is 0.163 e. The molecule has 0 aliphatic rings. The lowest BCUT2D eigenvalue weighted by atomic mass is 10.2. The van der Waals surface area contributed by atoms with Crippen molar-refractivity contribution in [2.24, 2.45) is 5.73 Å². The molecular weight excluding hydrogens is 207 g/mol. The van der Waals surface area contributed by atoms with Crippen LogP contribution in [0, 0.1) is 5.82 Å². The number of nitrogens with zero attached hydrogens (tertiary/aromatic N) is 3. The van der Waals surface area contributed by atoms with Crippen LogP contribution in [0.25, 0.3) is 11.4 Å². The maximum Gasteiger partial charge on any atom is 0.163 e. The van der Waals surface area contributed by atoms with Crippen LogP contribution in [0.15, 0.2) is 24.3 Å². The van der Waals surface area contributed by atoms with Crippen LogP contribution in [0.5, 0.6) is 0 Å². The first kappa shape index (κ1) is 10.8. The van der Waals surface area contributed by atoms with E-state index in [0.717, 1.165) is 23.8 Å². The average Bonchev–Trinajstić information content (AvgIpc) is 2.72. The molecule has 0 saturated carbocycles. The van der Waals surface area contributed by atoms with Crippen molar-refractivity contribution in [2.75, 3.05) is 0 Å². The summed E-state index contributed by atoms with van der Waals surface area (Å²) in [4.78, 5) is 0. The molecule has 5 heteroatoms. The number of hydrogen-bond donors (Lipinski definition) is 1. The molecule has 0 fully saturated rings. The lowest BCUT2D eigenvalue weighted by Gasteiger charge is -2.05. The third-order valence-corrected chi connectivity index (χ3v) is 2.43. The van der Waals surface area contributed by atoms with E-state index in [1.807, 2.05) is 11.5 Å². The van der Waals surface area contributed by atoms with Gasteiger partial charge in [-0.2, -0.15) is 0 Å². The van der Waals surface area contributed by atoms with Crippen LogP contribution in [0.2, 0.25) is 0 Å². The minimum Gasteiger partial charge on any atom is -0.324 e. The molecule has 0 aliphatic carbocycles. The van der Waals surface area contributed by atoms with Crippen molar-refractivity contribution in [3.8, 4) is 11.4 Å². The van der Waals surface area contributed by atoms with Gasteiger partial charge in [-0.1, -0.05) is 0 Å². The predicted molar refractivity (Wildman–Crippen MR) is 59.0 cm³/mol. The molecule has 0 atom stereocenters. The van der Waals surface area contributed by atoms with Crippen LogP contribution < -0.4 is 5.73 Å². The first-order chi connectivity index (χ1) is 7.76. The molecule has 0 saturated heterocycles. The van der Waals surface area contributed by atoms with Crippen LogP contribution in [0.3, 0.4) is 0 Å². The fourth-order valence-electron chi connectivity index (χ4n) is 1.63. The fraction of sp³-hybridized carbons (Fsp3) is 0.273. The number of halogens is 1. The largest absolute Gasteiger partial charge is 0.324 e. The molecule has 0 amide bonds. The van der Waals surface area contributed by atoms with E-state index in [2.05, 4.69) is 10.2 Å². The zero-order valence-electron chi connectivity index (χ0n) is 9.02. The summed E-state index contributed by atoms with van der Waals surface area (Å²) in [5.74, 6) is 1.20. The van der Waals surface area contributed by atoms with E-state index >= 15 is 0 Å². The summed E-state index contributed by atoms with van der Waals surface area (Å²) in [5.41, 5.74) is 6.40. The Morgan fingerprint density at radius 1 is 1.25 bits per heavy atom. The van der Waals surface area contributed by atoms with E-state index in [-0.39, 0.29) is 5.82 Å².